The smallest absolute Gasteiger partial charge is 0.275 e. The molecule has 0 bridgehead atoms. The number of nitrogens with one attached hydrogen (secondary N) is 2. The quantitative estimate of drug-likeness (QED) is 0.512. The van der Waals surface area contributed by atoms with Gasteiger partial charge in [-0.25, -0.2) is 9.67 Å². The SMILES string of the molecule is Cc1cnc(C(=O)Nc2ccc(Nc3ccc(-n4nc(C)c(C)c4C)nn3)cc2)cn1. The Morgan fingerprint density at radius 3 is 2.19 bits per heavy atom. The topological polar surface area (TPSA) is 111 Å². The highest BCUT2D eigenvalue weighted by Crippen LogP contribution is 2.19. The molecule has 0 aliphatic heterocycles. The van der Waals surface area contributed by atoms with Crippen molar-refractivity contribution in [3.05, 3.63) is 77.1 Å². The Hall–Kier alpha value is -4.14. The van der Waals surface area contributed by atoms with E-state index in [-0.39, 0.29) is 11.6 Å². The van der Waals surface area contributed by atoms with Gasteiger partial charge in [-0.05, 0) is 69.7 Å². The molecule has 1 amide bonds. The van der Waals surface area contributed by atoms with Gasteiger partial charge in [0.2, 0.25) is 0 Å². The van der Waals surface area contributed by atoms with Crippen molar-refractivity contribution in [2.24, 2.45) is 0 Å². The van der Waals surface area contributed by atoms with E-state index >= 15 is 0 Å². The van der Waals surface area contributed by atoms with Gasteiger partial charge in [0.1, 0.15) is 5.69 Å². The molecular formula is C22H22N8O. The second-order valence-corrected chi connectivity index (χ2v) is 7.18. The van der Waals surface area contributed by atoms with Crippen LogP contribution in [0.4, 0.5) is 17.2 Å². The molecule has 0 spiro atoms. The van der Waals surface area contributed by atoms with Crippen LogP contribution >= 0.6 is 0 Å². The average molecular weight is 414 g/mol. The third-order valence-corrected chi connectivity index (χ3v) is 4.95. The second kappa shape index (κ2) is 8.31. The fraction of sp³-hybridized carbons (Fsp3) is 0.182. The fourth-order valence-corrected chi connectivity index (χ4v) is 2.94. The average Bonchev–Trinajstić information content (AvgIpc) is 3.03. The highest BCUT2D eigenvalue weighted by molar-refractivity contribution is 6.02. The molecule has 0 atom stereocenters. The molecule has 4 aromatic rings. The molecule has 4 rings (SSSR count). The Morgan fingerprint density at radius 1 is 0.871 bits per heavy atom. The molecule has 3 heterocycles. The van der Waals surface area contributed by atoms with Crippen LogP contribution in [-0.2, 0) is 0 Å². The zero-order valence-corrected chi connectivity index (χ0v) is 17.7. The van der Waals surface area contributed by atoms with Crippen LogP contribution in [0.5, 0.6) is 0 Å². The first-order valence-electron chi connectivity index (χ1n) is 9.75. The lowest BCUT2D eigenvalue weighted by molar-refractivity contribution is 0.102. The molecule has 0 aliphatic carbocycles. The number of nitrogens with zero attached hydrogens (tertiary/aromatic N) is 6. The fourth-order valence-electron chi connectivity index (χ4n) is 2.94. The van der Waals surface area contributed by atoms with Gasteiger partial charge in [-0.3, -0.25) is 9.78 Å². The van der Waals surface area contributed by atoms with E-state index in [1.165, 1.54) is 6.20 Å². The van der Waals surface area contributed by atoms with Gasteiger partial charge in [-0.2, -0.15) is 5.10 Å². The highest BCUT2D eigenvalue weighted by Gasteiger charge is 2.11. The monoisotopic (exact) mass is 414 g/mol. The van der Waals surface area contributed by atoms with Crippen molar-refractivity contribution in [3.8, 4) is 5.82 Å². The summed E-state index contributed by atoms with van der Waals surface area (Å²) >= 11 is 0. The number of carbonyl (C=O) groups excluding carboxylic acids is 1. The van der Waals surface area contributed by atoms with Crippen LogP contribution in [0.1, 0.15) is 33.1 Å². The molecule has 9 heteroatoms. The van der Waals surface area contributed by atoms with Crippen LogP contribution in [-0.4, -0.2) is 35.9 Å². The molecule has 0 saturated carbocycles. The van der Waals surface area contributed by atoms with Gasteiger partial charge >= 0.3 is 0 Å². The van der Waals surface area contributed by atoms with Crippen molar-refractivity contribution >= 4 is 23.1 Å². The normalized spacial score (nSPS) is 10.7. The summed E-state index contributed by atoms with van der Waals surface area (Å²) in [5, 5.41) is 19.0. The van der Waals surface area contributed by atoms with E-state index in [1.807, 2.05) is 52.0 Å². The van der Waals surface area contributed by atoms with Crippen LogP contribution in [0.15, 0.2) is 48.8 Å². The summed E-state index contributed by atoms with van der Waals surface area (Å²) < 4.78 is 1.79. The van der Waals surface area contributed by atoms with Crippen molar-refractivity contribution in [1.29, 1.82) is 0 Å². The summed E-state index contributed by atoms with van der Waals surface area (Å²) in [6.07, 6.45) is 3.01. The molecule has 2 N–H and O–H groups in total. The van der Waals surface area contributed by atoms with Gasteiger partial charge in [0.05, 0.1) is 17.6 Å². The minimum absolute atomic E-state index is 0.265. The van der Waals surface area contributed by atoms with Gasteiger partial charge in [-0.15, -0.1) is 10.2 Å². The van der Waals surface area contributed by atoms with Gasteiger partial charge in [0, 0.05) is 23.3 Å². The lowest BCUT2D eigenvalue weighted by Gasteiger charge is -2.08. The number of benzene rings is 1. The Labute approximate surface area is 179 Å². The zero-order valence-electron chi connectivity index (χ0n) is 17.7. The number of hydrogen-bond donors (Lipinski definition) is 2. The molecule has 3 aromatic heterocycles. The predicted molar refractivity (Wildman–Crippen MR) is 118 cm³/mol. The first-order valence-corrected chi connectivity index (χ1v) is 9.75. The number of hydrogen-bond acceptors (Lipinski definition) is 7. The Balaban J connectivity index is 1.41. The molecule has 9 nitrogen and oxygen atoms in total. The number of aromatic nitrogens is 6. The molecule has 1 aromatic carbocycles. The summed E-state index contributed by atoms with van der Waals surface area (Å²) in [6.45, 7) is 7.84. The Bertz CT molecular complexity index is 1210. The minimum atomic E-state index is -0.311. The van der Waals surface area contributed by atoms with E-state index in [0.717, 1.165) is 28.3 Å². The molecule has 156 valence electrons. The van der Waals surface area contributed by atoms with E-state index in [1.54, 1.807) is 23.0 Å². The van der Waals surface area contributed by atoms with Crippen molar-refractivity contribution < 1.29 is 4.79 Å². The van der Waals surface area contributed by atoms with E-state index in [2.05, 4.69) is 35.9 Å². The van der Waals surface area contributed by atoms with E-state index < -0.39 is 0 Å². The van der Waals surface area contributed by atoms with Crippen LogP contribution in [0.2, 0.25) is 0 Å². The number of amides is 1. The number of rotatable bonds is 5. The maximum absolute atomic E-state index is 12.2. The van der Waals surface area contributed by atoms with Gasteiger partial charge < -0.3 is 10.6 Å². The molecule has 0 saturated heterocycles. The third kappa shape index (κ3) is 4.40. The first kappa shape index (κ1) is 20.1. The van der Waals surface area contributed by atoms with Crippen molar-refractivity contribution in [3.63, 3.8) is 0 Å². The van der Waals surface area contributed by atoms with Gasteiger partial charge in [0.25, 0.3) is 5.91 Å². The summed E-state index contributed by atoms with van der Waals surface area (Å²) in [7, 11) is 0. The zero-order chi connectivity index (χ0) is 22.0. The lowest BCUT2D eigenvalue weighted by Crippen LogP contribution is -2.14. The molecule has 0 fully saturated rings. The van der Waals surface area contributed by atoms with Gasteiger partial charge in [-0.1, -0.05) is 0 Å². The molecule has 31 heavy (non-hydrogen) atoms. The van der Waals surface area contributed by atoms with Crippen LogP contribution in [0, 0.1) is 27.7 Å². The molecular weight excluding hydrogens is 392 g/mol. The highest BCUT2D eigenvalue weighted by atomic mass is 16.1. The minimum Gasteiger partial charge on any atom is -0.339 e. The lowest BCUT2D eigenvalue weighted by atomic mass is 10.2. The van der Waals surface area contributed by atoms with Gasteiger partial charge in [0.15, 0.2) is 11.6 Å². The number of anilines is 3. The maximum Gasteiger partial charge on any atom is 0.275 e. The van der Waals surface area contributed by atoms with Crippen molar-refractivity contribution in [2.45, 2.75) is 27.7 Å². The summed E-state index contributed by atoms with van der Waals surface area (Å²) in [4.78, 5) is 20.4. The standard InChI is InChI=1S/C22H22N8O/c1-13-11-24-19(12-23-13)22(31)26-18-7-5-17(6-8-18)25-20-9-10-21(28-27-20)30-16(4)14(2)15(3)29-30/h5-12H,1-4H3,(H,25,27)(H,26,31). The summed E-state index contributed by atoms with van der Waals surface area (Å²) in [5.41, 5.74) is 5.65. The summed E-state index contributed by atoms with van der Waals surface area (Å²) in [6, 6.07) is 11.0. The Kier molecular flexibility index (Phi) is 5.40. The van der Waals surface area contributed by atoms with Crippen LogP contribution < -0.4 is 10.6 Å². The number of carbonyl (C=O) groups is 1. The van der Waals surface area contributed by atoms with Crippen molar-refractivity contribution in [1.82, 2.24) is 29.9 Å². The van der Waals surface area contributed by atoms with Crippen LogP contribution in [0.25, 0.3) is 5.82 Å². The molecule has 0 unspecified atom stereocenters. The van der Waals surface area contributed by atoms with E-state index in [9.17, 15) is 4.79 Å². The maximum atomic E-state index is 12.2. The van der Waals surface area contributed by atoms with Crippen LogP contribution in [0.3, 0.4) is 0 Å². The molecule has 0 aliphatic rings. The largest absolute Gasteiger partial charge is 0.339 e. The first-order chi connectivity index (χ1) is 14.9. The van der Waals surface area contributed by atoms with E-state index in [0.29, 0.717) is 17.3 Å². The van der Waals surface area contributed by atoms with E-state index in [4.69, 9.17) is 0 Å². The third-order valence-electron chi connectivity index (χ3n) is 4.95. The summed E-state index contributed by atoms with van der Waals surface area (Å²) in [5.74, 6) is 0.958. The number of aryl methyl sites for hydroxylation is 2. The van der Waals surface area contributed by atoms with Crippen molar-refractivity contribution in [2.75, 3.05) is 10.6 Å². The predicted octanol–water partition coefficient (Wildman–Crippen LogP) is 3.68. The molecule has 0 radical (unpaired) electrons. The Morgan fingerprint density at radius 2 is 1.61 bits per heavy atom. The second-order valence-electron chi connectivity index (χ2n) is 7.18.